The summed E-state index contributed by atoms with van der Waals surface area (Å²) >= 11 is 0. The number of nitrogens with one attached hydrogen (secondary N) is 1. The third kappa shape index (κ3) is 8.20. The topological polar surface area (TPSA) is 73.9 Å². The van der Waals surface area contributed by atoms with Crippen LogP contribution < -0.4 is 11.1 Å². The zero-order valence-corrected chi connectivity index (χ0v) is 10.0. The summed E-state index contributed by atoms with van der Waals surface area (Å²) in [5.74, 6) is 0.375. The summed E-state index contributed by atoms with van der Waals surface area (Å²) in [4.78, 5) is 2.18. The maximum Gasteiger partial charge on any atom is 0.143 e. The minimum Gasteiger partial charge on any atom is -0.409 e. The molecule has 0 spiro atoms. The van der Waals surface area contributed by atoms with Gasteiger partial charge in [-0.1, -0.05) is 12.1 Å². The Morgan fingerprint density at radius 1 is 1.47 bits per heavy atom. The van der Waals surface area contributed by atoms with Crippen LogP contribution in [0.4, 0.5) is 0 Å². The van der Waals surface area contributed by atoms with Crippen LogP contribution in [0.25, 0.3) is 0 Å². The lowest BCUT2D eigenvalue weighted by molar-refractivity contribution is 0.314. The molecule has 90 valence electrons. The van der Waals surface area contributed by atoms with Gasteiger partial charge in [0.2, 0.25) is 0 Å². The van der Waals surface area contributed by atoms with Gasteiger partial charge in [0.15, 0.2) is 0 Å². The quantitative estimate of drug-likeness (QED) is 0.179. The largest absolute Gasteiger partial charge is 0.409 e. The molecule has 0 aliphatic rings. The lowest BCUT2D eigenvalue weighted by Gasteiger charge is -2.12. The number of amidine groups is 1. The van der Waals surface area contributed by atoms with Crippen molar-refractivity contribution in [2.45, 2.75) is 19.8 Å². The molecule has 5 nitrogen and oxygen atoms in total. The van der Waals surface area contributed by atoms with Crippen LogP contribution >= 0.6 is 0 Å². The predicted molar refractivity (Wildman–Crippen MR) is 63.2 cm³/mol. The van der Waals surface area contributed by atoms with Gasteiger partial charge in [0, 0.05) is 12.5 Å². The van der Waals surface area contributed by atoms with Gasteiger partial charge >= 0.3 is 0 Å². The third-order valence-corrected chi connectivity index (χ3v) is 2.28. The molecular formula is C10H24N4O. The highest BCUT2D eigenvalue weighted by Crippen LogP contribution is 1.93. The van der Waals surface area contributed by atoms with Gasteiger partial charge in [0.1, 0.15) is 5.84 Å². The van der Waals surface area contributed by atoms with Crippen molar-refractivity contribution in [3.63, 3.8) is 0 Å². The molecule has 0 aromatic rings. The van der Waals surface area contributed by atoms with Gasteiger partial charge in [-0.15, -0.1) is 0 Å². The molecule has 15 heavy (non-hydrogen) atoms. The second-order valence-corrected chi connectivity index (χ2v) is 4.14. The van der Waals surface area contributed by atoms with E-state index in [4.69, 9.17) is 10.9 Å². The Balaban J connectivity index is 3.31. The lowest BCUT2D eigenvalue weighted by atomic mass is 10.1. The smallest absolute Gasteiger partial charge is 0.143 e. The molecule has 0 heterocycles. The molecule has 0 aromatic heterocycles. The Hall–Kier alpha value is -0.810. The average Bonchev–Trinajstić information content (AvgIpc) is 2.21. The van der Waals surface area contributed by atoms with E-state index in [-0.39, 0.29) is 11.8 Å². The van der Waals surface area contributed by atoms with Crippen LogP contribution in [0.1, 0.15) is 19.8 Å². The van der Waals surface area contributed by atoms with Crippen LogP contribution in [0.15, 0.2) is 5.16 Å². The monoisotopic (exact) mass is 216 g/mol. The summed E-state index contributed by atoms with van der Waals surface area (Å²) in [7, 11) is 4.15. The molecule has 0 bridgehead atoms. The van der Waals surface area contributed by atoms with Crippen molar-refractivity contribution in [3.8, 4) is 0 Å². The molecule has 5 heteroatoms. The highest BCUT2D eigenvalue weighted by molar-refractivity contribution is 5.82. The second-order valence-electron chi connectivity index (χ2n) is 4.14. The molecule has 4 N–H and O–H groups in total. The molecule has 0 fully saturated rings. The summed E-state index contributed by atoms with van der Waals surface area (Å²) in [5, 5.41) is 14.7. The number of nitrogens with zero attached hydrogens (tertiary/aromatic N) is 2. The molecule has 1 atom stereocenters. The van der Waals surface area contributed by atoms with Gasteiger partial charge in [-0.2, -0.15) is 0 Å². The Bertz CT molecular complexity index is 182. The van der Waals surface area contributed by atoms with Crippen molar-refractivity contribution < 1.29 is 5.21 Å². The second kappa shape index (κ2) is 8.49. The molecule has 0 saturated carbocycles. The summed E-state index contributed by atoms with van der Waals surface area (Å²) in [6.07, 6.45) is 2.35. The number of hydrogen-bond donors (Lipinski definition) is 3. The summed E-state index contributed by atoms with van der Waals surface area (Å²) < 4.78 is 0. The molecule has 0 aromatic carbocycles. The molecule has 0 amide bonds. The maximum atomic E-state index is 8.44. The third-order valence-electron chi connectivity index (χ3n) is 2.28. The lowest BCUT2D eigenvalue weighted by Crippen LogP contribution is -2.31. The van der Waals surface area contributed by atoms with Gasteiger partial charge in [-0.25, -0.2) is 0 Å². The van der Waals surface area contributed by atoms with Crippen LogP contribution in [-0.4, -0.2) is 49.7 Å². The normalized spacial score (nSPS) is 14.5. The summed E-state index contributed by atoms with van der Waals surface area (Å²) in [6, 6.07) is 0. The molecule has 0 aliphatic carbocycles. The van der Waals surface area contributed by atoms with Crippen LogP contribution in [-0.2, 0) is 0 Å². The van der Waals surface area contributed by atoms with Crippen molar-refractivity contribution in [2.24, 2.45) is 16.8 Å². The fraction of sp³-hybridized carbons (Fsp3) is 0.900. The van der Waals surface area contributed by atoms with E-state index in [1.54, 1.807) is 0 Å². The number of oxime groups is 1. The SMILES string of the molecule is CC(CNCCCCN(C)C)C(N)=NO. The van der Waals surface area contributed by atoms with E-state index in [0.717, 1.165) is 26.1 Å². The van der Waals surface area contributed by atoms with E-state index >= 15 is 0 Å². The number of rotatable bonds is 8. The highest BCUT2D eigenvalue weighted by Gasteiger charge is 2.05. The van der Waals surface area contributed by atoms with Crippen LogP contribution in [0, 0.1) is 5.92 Å². The minimum atomic E-state index is 0.0869. The Morgan fingerprint density at radius 3 is 2.67 bits per heavy atom. The maximum absolute atomic E-state index is 8.44. The van der Waals surface area contributed by atoms with E-state index in [1.807, 2.05) is 6.92 Å². The molecule has 0 radical (unpaired) electrons. The fourth-order valence-electron chi connectivity index (χ4n) is 1.20. The zero-order valence-electron chi connectivity index (χ0n) is 10.0. The van der Waals surface area contributed by atoms with Crippen LogP contribution in [0.5, 0.6) is 0 Å². The van der Waals surface area contributed by atoms with Crippen molar-refractivity contribution in [1.82, 2.24) is 10.2 Å². The molecule has 0 rings (SSSR count). The Morgan fingerprint density at radius 2 is 2.13 bits per heavy atom. The van der Waals surface area contributed by atoms with Crippen molar-refractivity contribution in [2.75, 3.05) is 33.7 Å². The fourth-order valence-corrected chi connectivity index (χ4v) is 1.20. The summed E-state index contributed by atoms with van der Waals surface area (Å²) in [5.41, 5.74) is 5.45. The average molecular weight is 216 g/mol. The van der Waals surface area contributed by atoms with Gasteiger partial charge in [-0.3, -0.25) is 0 Å². The first-order valence-corrected chi connectivity index (χ1v) is 5.40. The van der Waals surface area contributed by atoms with Gasteiger partial charge in [-0.05, 0) is 40.0 Å². The van der Waals surface area contributed by atoms with Gasteiger partial charge in [0.05, 0.1) is 0 Å². The number of nitrogens with two attached hydrogens (primary N) is 1. The highest BCUT2D eigenvalue weighted by atomic mass is 16.4. The van der Waals surface area contributed by atoms with E-state index in [0.29, 0.717) is 0 Å². The molecular weight excluding hydrogens is 192 g/mol. The van der Waals surface area contributed by atoms with Crippen molar-refractivity contribution in [1.29, 1.82) is 0 Å². The number of unbranched alkanes of at least 4 members (excludes halogenated alkanes) is 1. The minimum absolute atomic E-state index is 0.0869. The first kappa shape index (κ1) is 14.2. The summed E-state index contributed by atoms with van der Waals surface area (Å²) in [6.45, 7) is 4.80. The van der Waals surface area contributed by atoms with Crippen molar-refractivity contribution in [3.05, 3.63) is 0 Å². The first-order chi connectivity index (χ1) is 7.07. The molecule has 0 aliphatic heterocycles. The standard InChI is InChI=1S/C10H24N4O/c1-9(10(11)13-15)8-12-6-4-5-7-14(2)3/h9,12,15H,4-8H2,1-3H3,(H2,11,13). The number of hydrogen-bond acceptors (Lipinski definition) is 4. The van der Waals surface area contributed by atoms with E-state index in [1.165, 1.54) is 6.42 Å². The predicted octanol–water partition coefficient (Wildman–Crippen LogP) is 0.300. The molecule has 0 saturated heterocycles. The zero-order chi connectivity index (χ0) is 11.7. The van der Waals surface area contributed by atoms with E-state index < -0.39 is 0 Å². The Labute approximate surface area is 92.3 Å². The van der Waals surface area contributed by atoms with E-state index in [9.17, 15) is 0 Å². The van der Waals surface area contributed by atoms with Crippen LogP contribution in [0.2, 0.25) is 0 Å². The van der Waals surface area contributed by atoms with Crippen molar-refractivity contribution >= 4 is 5.84 Å². The van der Waals surface area contributed by atoms with Crippen LogP contribution in [0.3, 0.4) is 0 Å². The Kier molecular flexibility index (Phi) is 8.04. The van der Waals surface area contributed by atoms with Gasteiger partial charge < -0.3 is 21.2 Å². The van der Waals surface area contributed by atoms with Gasteiger partial charge in [0.25, 0.3) is 0 Å². The first-order valence-electron chi connectivity index (χ1n) is 5.40. The van der Waals surface area contributed by atoms with E-state index in [2.05, 4.69) is 29.5 Å². The molecule has 1 unspecified atom stereocenters.